The summed E-state index contributed by atoms with van der Waals surface area (Å²) < 4.78 is 56.2. The second kappa shape index (κ2) is 6.97. The van der Waals surface area contributed by atoms with E-state index in [-0.39, 0.29) is 6.54 Å². The molecule has 3 aromatic rings. The van der Waals surface area contributed by atoms with Crippen molar-refractivity contribution in [2.24, 2.45) is 0 Å². The SMILES string of the molecule is Cc1nn(-c2ccccc2)c(C)c1CNS(=O)(=O)c1c(F)cccc1F. The summed E-state index contributed by atoms with van der Waals surface area (Å²) in [6, 6.07) is 12.3. The molecule has 0 bridgehead atoms. The zero-order valence-corrected chi connectivity index (χ0v) is 15.0. The van der Waals surface area contributed by atoms with Crippen molar-refractivity contribution >= 4 is 10.0 Å². The normalized spacial score (nSPS) is 11.7. The Morgan fingerprint density at radius 3 is 2.23 bits per heavy atom. The lowest BCUT2D eigenvalue weighted by Crippen LogP contribution is -2.25. The average molecular weight is 377 g/mol. The Bertz CT molecular complexity index is 1030. The van der Waals surface area contributed by atoms with Crippen LogP contribution in [0.25, 0.3) is 5.69 Å². The molecule has 136 valence electrons. The standard InChI is InChI=1S/C18H17F2N3O2S/c1-12-15(13(2)23(22-12)14-7-4-3-5-8-14)11-21-26(24,25)18-16(19)9-6-10-17(18)20/h3-10,21H,11H2,1-2H3. The zero-order valence-electron chi connectivity index (χ0n) is 14.2. The van der Waals surface area contributed by atoms with Crippen LogP contribution >= 0.6 is 0 Å². The fourth-order valence-electron chi connectivity index (χ4n) is 2.73. The number of hydrogen-bond donors (Lipinski definition) is 1. The smallest absolute Gasteiger partial charge is 0.238 e. The van der Waals surface area contributed by atoms with E-state index in [1.54, 1.807) is 18.5 Å². The third-order valence-electron chi connectivity index (χ3n) is 4.07. The Hall–Kier alpha value is -2.58. The van der Waals surface area contributed by atoms with Crippen LogP contribution in [-0.4, -0.2) is 18.2 Å². The molecule has 0 saturated heterocycles. The lowest BCUT2D eigenvalue weighted by molar-refractivity contribution is 0.513. The third-order valence-corrected chi connectivity index (χ3v) is 5.52. The summed E-state index contributed by atoms with van der Waals surface area (Å²) in [6.07, 6.45) is 0. The van der Waals surface area contributed by atoms with E-state index in [2.05, 4.69) is 9.82 Å². The number of nitrogens with one attached hydrogen (secondary N) is 1. The molecule has 26 heavy (non-hydrogen) atoms. The molecular formula is C18H17F2N3O2S. The number of benzene rings is 2. The predicted octanol–water partition coefficient (Wildman–Crippen LogP) is 3.25. The van der Waals surface area contributed by atoms with Gasteiger partial charge in [0.2, 0.25) is 10.0 Å². The van der Waals surface area contributed by atoms with Crippen LogP contribution < -0.4 is 4.72 Å². The topological polar surface area (TPSA) is 64.0 Å². The minimum Gasteiger partial charge on any atom is -0.238 e. The number of aryl methyl sites for hydroxylation is 1. The summed E-state index contributed by atoms with van der Waals surface area (Å²) in [5.74, 6) is -2.27. The van der Waals surface area contributed by atoms with E-state index in [1.807, 2.05) is 30.3 Å². The van der Waals surface area contributed by atoms with E-state index >= 15 is 0 Å². The van der Waals surface area contributed by atoms with Crippen LogP contribution in [0.4, 0.5) is 8.78 Å². The van der Waals surface area contributed by atoms with Crippen molar-refractivity contribution in [3.8, 4) is 5.69 Å². The van der Waals surface area contributed by atoms with Crippen LogP contribution in [-0.2, 0) is 16.6 Å². The maximum Gasteiger partial charge on any atom is 0.246 e. The molecule has 1 N–H and O–H groups in total. The van der Waals surface area contributed by atoms with Crippen molar-refractivity contribution in [3.63, 3.8) is 0 Å². The molecule has 0 aliphatic rings. The Labute approximate surface area is 150 Å². The van der Waals surface area contributed by atoms with Gasteiger partial charge in [0.25, 0.3) is 0 Å². The van der Waals surface area contributed by atoms with Crippen molar-refractivity contribution in [1.82, 2.24) is 14.5 Å². The van der Waals surface area contributed by atoms with Crippen molar-refractivity contribution in [1.29, 1.82) is 0 Å². The van der Waals surface area contributed by atoms with Gasteiger partial charge < -0.3 is 0 Å². The Morgan fingerprint density at radius 2 is 1.62 bits per heavy atom. The molecule has 0 atom stereocenters. The summed E-state index contributed by atoms with van der Waals surface area (Å²) in [4.78, 5) is -0.981. The molecule has 0 aliphatic heterocycles. The van der Waals surface area contributed by atoms with Crippen molar-refractivity contribution in [2.75, 3.05) is 0 Å². The van der Waals surface area contributed by atoms with E-state index in [9.17, 15) is 17.2 Å². The summed E-state index contributed by atoms with van der Waals surface area (Å²) in [5, 5.41) is 4.42. The van der Waals surface area contributed by atoms with Crippen LogP contribution in [0.5, 0.6) is 0 Å². The number of hydrogen-bond acceptors (Lipinski definition) is 3. The molecule has 0 spiro atoms. The van der Waals surface area contributed by atoms with E-state index in [4.69, 9.17) is 0 Å². The number of halogens is 2. The predicted molar refractivity (Wildman–Crippen MR) is 93.4 cm³/mol. The van der Waals surface area contributed by atoms with Crippen LogP contribution in [0, 0.1) is 25.5 Å². The van der Waals surface area contributed by atoms with Crippen LogP contribution in [0.2, 0.25) is 0 Å². The van der Waals surface area contributed by atoms with Gasteiger partial charge in [-0.05, 0) is 38.1 Å². The molecule has 0 unspecified atom stereocenters. The Kier molecular flexibility index (Phi) is 4.88. The second-order valence-electron chi connectivity index (χ2n) is 5.77. The van der Waals surface area contributed by atoms with Crippen molar-refractivity contribution in [3.05, 3.63) is 77.1 Å². The van der Waals surface area contributed by atoms with Crippen LogP contribution in [0.1, 0.15) is 17.0 Å². The molecule has 8 heteroatoms. The summed E-state index contributed by atoms with van der Waals surface area (Å²) in [7, 11) is -4.35. The number of rotatable bonds is 5. The number of aromatic nitrogens is 2. The van der Waals surface area contributed by atoms with Gasteiger partial charge in [-0.1, -0.05) is 24.3 Å². The molecule has 1 aromatic heterocycles. The Morgan fingerprint density at radius 1 is 1.00 bits per heavy atom. The number of para-hydroxylation sites is 1. The lowest BCUT2D eigenvalue weighted by atomic mass is 10.2. The lowest BCUT2D eigenvalue weighted by Gasteiger charge is -2.09. The minimum absolute atomic E-state index is 0.124. The largest absolute Gasteiger partial charge is 0.246 e. The van der Waals surface area contributed by atoms with Gasteiger partial charge in [-0.2, -0.15) is 5.10 Å². The van der Waals surface area contributed by atoms with Crippen molar-refractivity contribution < 1.29 is 17.2 Å². The molecule has 3 rings (SSSR count). The summed E-state index contributed by atoms with van der Waals surface area (Å²) in [6.45, 7) is 3.43. The highest BCUT2D eigenvalue weighted by Gasteiger charge is 2.24. The average Bonchev–Trinajstić information content (AvgIpc) is 2.88. The second-order valence-corrected chi connectivity index (χ2v) is 7.48. The molecule has 5 nitrogen and oxygen atoms in total. The monoisotopic (exact) mass is 377 g/mol. The summed E-state index contributed by atoms with van der Waals surface area (Å²) >= 11 is 0. The molecule has 0 saturated carbocycles. The van der Waals surface area contributed by atoms with E-state index in [0.29, 0.717) is 11.3 Å². The number of nitrogens with zero attached hydrogens (tertiary/aromatic N) is 2. The van der Waals surface area contributed by atoms with Gasteiger partial charge in [-0.3, -0.25) is 0 Å². The fourth-order valence-corrected chi connectivity index (χ4v) is 3.86. The quantitative estimate of drug-likeness (QED) is 0.742. The van der Waals surface area contributed by atoms with E-state index < -0.39 is 26.6 Å². The van der Waals surface area contributed by atoms with Crippen LogP contribution in [0.15, 0.2) is 53.4 Å². The van der Waals surface area contributed by atoms with E-state index in [1.165, 1.54) is 0 Å². The molecule has 0 aliphatic carbocycles. The molecule has 0 radical (unpaired) electrons. The Balaban J connectivity index is 1.90. The number of sulfonamides is 1. The van der Waals surface area contributed by atoms with Gasteiger partial charge in [-0.25, -0.2) is 26.6 Å². The van der Waals surface area contributed by atoms with Gasteiger partial charge in [0.15, 0.2) is 4.90 Å². The highest BCUT2D eigenvalue weighted by Crippen LogP contribution is 2.21. The first-order chi connectivity index (χ1) is 12.3. The van der Waals surface area contributed by atoms with Gasteiger partial charge >= 0.3 is 0 Å². The molecule has 0 fully saturated rings. The molecule has 0 amide bonds. The highest BCUT2D eigenvalue weighted by atomic mass is 32.2. The fraction of sp³-hybridized carbons (Fsp3) is 0.167. The molecule has 2 aromatic carbocycles. The van der Waals surface area contributed by atoms with Crippen molar-refractivity contribution in [2.45, 2.75) is 25.3 Å². The first-order valence-electron chi connectivity index (χ1n) is 7.85. The third kappa shape index (κ3) is 3.38. The molecular weight excluding hydrogens is 360 g/mol. The highest BCUT2D eigenvalue weighted by molar-refractivity contribution is 7.89. The van der Waals surface area contributed by atoms with Gasteiger partial charge in [0.1, 0.15) is 11.6 Å². The maximum atomic E-state index is 13.8. The van der Waals surface area contributed by atoms with Gasteiger partial charge in [0, 0.05) is 17.8 Å². The van der Waals surface area contributed by atoms with Crippen LogP contribution in [0.3, 0.4) is 0 Å². The van der Waals surface area contributed by atoms with Gasteiger partial charge in [-0.15, -0.1) is 0 Å². The van der Waals surface area contributed by atoms with Gasteiger partial charge in [0.05, 0.1) is 11.4 Å². The zero-order chi connectivity index (χ0) is 18.9. The first kappa shape index (κ1) is 18.2. The summed E-state index contributed by atoms with van der Waals surface area (Å²) in [5.41, 5.74) is 2.85. The molecule has 1 heterocycles. The first-order valence-corrected chi connectivity index (χ1v) is 9.34. The van der Waals surface area contributed by atoms with E-state index in [0.717, 1.165) is 29.6 Å². The maximum absolute atomic E-state index is 13.8. The minimum atomic E-state index is -4.35.